The summed E-state index contributed by atoms with van der Waals surface area (Å²) < 4.78 is 7.51. The van der Waals surface area contributed by atoms with Gasteiger partial charge in [0.15, 0.2) is 0 Å². The van der Waals surface area contributed by atoms with E-state index in [0.717, 1.165) is 134 Å². The largest absolute Gasteiger partial charge is 0.455 e. The third-order valence-corrected chi connectivity index (χ3v) is 18.0. The van der Waals surface area contributed by atoms with Gasteiger partial charge in [0.25, 0.3) is 0 Å². The number of anilines is 6. The van der Waals surface area contributed by atoms with Crippen molar-refractivity contribution < 1.29 is 4.42 Å². The standard InChI is InChI=1S/C83H72N4O/c1-53-25-30-57(31-26-53)69-48-59(73-45-29-55(3)51-84-73)34-46-74(69)86(64-39-35-60(36-40-64)81(5,6)7)66-43-44-67-71(49-66)83(62-19-13-11-14-20-62,63-21-15-12-16-22-63)72-50-75(78-68-23-17-18-24-76(68)88-79(78)77(67)72)87(65-41-37-61(38-42-65)82(8,9)10)80-70(47-56(4)52-85-80)58-32-27-54(2)28-33-58/h11-52H,1-10H3. The SMILES string of the molecule is Cc1ccc(-c2cc(-c3ccc(C)cn3)ccc2N(c2ccc(C(C)(C)C)cc2)c2ccc3c(c2)C(c2ccccc2)(c2ccccc2)c2cc(N(c4ccc(C(C)(C)C)cc4)c4ncc(C)cc4-c4ccc(C)cc4)c4c(oc5ccccc54)c2-3)cc1. The van der Waals surface area contributed by atoms with E-state index in [4.69, 9.17) is 14.4 Å². The maximum Gasteiger partial charge on any atom is 0.145 e. The van der Waals surface area contributed by atoms with Crippen LogP contribution in [0.2, 0.25) is 0 Å². The summed E-state index contributed by atoms with van der Waals surface area (Å²) in [5.41, 5.74) is 25.9. The summed E-state index contributed by atoms with van der Waals surface area (Å²) in [5, 5.41) is 2.05. The predicted octanol–water partition coefficient (Wildman–Crippen LogP) is 22.5. The van der Waals surface area contributed by atoms with Crippen molar-refractivity contribution in [3.8, 4) is 44.6 Å². The number of nitrogens with zero attached hydrogens (tertiary/aromatic N) is 4. The molecule has 0 radical (unpaired) electrons. The molecule has 1 aliphatic carbocycles. The van der Waals surface area contributed by atoms with E-state index in [2.05, 4.69) is 322 Å². The Hall–Kier alpha value is -10.1. The minimum Gasteiger partial charge on any atom is -0.455 e. The summed E-state index contributed by atoms with van der Waals surface area (Å²) in [4.78, 5) is 15.3. The molecule has 5 heteroatoms. The van der Waals surface area contributed by atoms with Gasteiger partial charge in [-0.3, -0.25) is 9.88 Å². The van der Waals surface area contributed by atoms with E-state index in [9.17, 15) is 0 Å². The Bertz CT molecular complexity index is 4700. The van der Waals surface area contributed by atoms with Crippen molar-refractivity contribution in [2.24, 2.45) is 0 Å². The Morgan fingerprint density at radius 2 is 0.920 bits per heavy atom. The monoisotopic (exact) mass is 1140 g/mol. The summed E-state index contributed by atoms with van der Waals surface area (Å²) in [6.45, 7) is 22.2. The van der Waals surface area contributed by atoms with Gasteiger partial charge in [-0.15, -0.1) is 0 Å². The van der Waals surface area contributed by atoms with Gasteiger partial charge in [0.05, 0.1) is 27.9 Å². The summed E-state index contributed by atoms with van der Waals surface area (Å²) in [6.07, 6.45) is 3.97. The minimum atomic E-state index is -0.879. The lowest BCUT2D eigenvalue weighted by Crippen LogP contribution is -2.29. The Labute approximate surface area is 518 Å². The van der Waals surface area contributed by atoms with Crippen LogP contribution >= 0.6 is 0 Å². The third kappa shape index (κ3) is 9.66. The number of furan rings is 1. The second kappa shape index (κ2) is 21.7. The first kappa shape index (κ1) is 55.8. The molecule has 3 heterocycles. The highest BCUT2D eigenvalue weighted by molar-refractivity contribution is 6.19. The topological polar surface area (TPSA) is 45.4 Å². The number of aromatic nitrogens is 2. The maximum atomic E-state index is 7.51. The molecule has 0 N–H and O–H groups in total. The Morgan fingerprint density at radius 3 is 1.51 bits per heavy atom. The predicted molar refractivity (Wildman–Crippen MR) is 369 cm³/mol. The number of pyridine rings is 2. The van der Waals surface area contributed by atoms with Gasteiger partial charge in [-0.05, 0) is 173 Å². The van der Waals surface area contributed by atoms with Gasteiger partial charge in [-0.25, -0.2) is 4.98 Å². The average molecular weight is 1140 g/mol. The van der Waals surface area contributed by atoms with Crippen LogP contribution in [0.15, 0.2) is 259 Å². The first-order valence-electron chi connectivity index (χ1n) is 30.8. The molecule has 0 spiro atoms. The van der Waals surface area contributed by atoms with E-state index in [1.807, 2.05) is 12.4 Å². The van der Waals surface area contributed by atoms with Crippen LogP contribution in [0.5, 0.6) is 0 Å². The summed E-state index contributed by atoms with van der Waals surface area (Å²) >= 11 is 0. The molecule has 10 aromatic carbocycles. The molecule has 0 saturated heterocycles. The van der Waals surface area contributed by atoms with Gasteiger partial charge in [-0.1, -0.05) is 223 Å². The van der Waals surface area contributed by atoms with Crippen LogP contribution in [-0.2, 0) is 16.2 Å². The molecule has 430 valence electrons. The highest BCUT2D eigenvalue weighted by Crippen LogP contribution is 2.62. The van der Waals surface area contributed by atoms with Crippen molar-refractivity contribution >= 4 is 56.2 Å². The summed E-state index contributed by atoms with van der Waals surface area (Å²) in [6, 6.07) is 90.1. The van der Waals surface area contributed by atoms with Crippen LogP contribution in [0.25, 0.3) is 66.6 Å². The normalized spacial score (nSPS) is 12.8. The maximum absolute atomic E-state index is 7.51. The molecule has 0 aliphatic heterocycles. The van der Waals surface area contributed by atoms with Crippen molar-refractivity contribution in [2.75, 3.05) is 9.80 Å². The molecular formula is C83H72N4O. The molecular weight excluding hydrogens is 1070 g/mol. The van der Waals surface area contributed by atoms with Gasteiger partial charge >= 0.3 is 0 Å². The number of fused-ring (bicyclic) bond motifs is 7. The highest BCUT2D eigenvalue weighted by atomic mass is 16.3. The van der Waals surface area contributed by atoms with Gasteiger partial charge < -0.3 is 9.32 Å². The van der Waals surface area contributed by atoms with E-state index in [0.29, 0.717) is 0 Å². The lowest BCUT2D eigenvalue weighted by molar-refractivity contribution is 0.590. The van der Waals surface area contributed by atoms with Crippen LogP contribution in [0, 0.1) is 27.7 Å². The smallest absolute Gasteiger partial charge is 0.145 e. The van der Waals surface area contributed by atoms with Crippen molar-refractivity contribution in [2.45, 2.75) is 85.5 Å². The molecule has 0 unspecified atom stereocenters. The quantitative estimate of drug-likeness (QED) is 0.129. The fourth-order valence-corrected chi connectivity index (χ4v) is 13.3. The molecule has 5 nitrogen and oxygen atoms in total. The molecule has 0 fully saturated rings. The van der Waals surface area contributed by atoms with E-state index in [-0.39, 0.29) is 10.8 Å². The molecule has 0 amide bonds. The van der Waals surface area contributed by atoms with Crippen molar-refractivity contribution in [3.05, 3.63) is 311 Å². The minimum absolute atomic E-state index is 0.0481. The zero-order chi connectivity index (χ0) is 60.6. The molecule has 3 aromatic heterocycles. The van der Waals surface area contributed by atoms with Gasteiger partial charge in [0.1, 0.15) is 17.0 Å². The summed E-state index contributed by atoms with van der Waals surface area (Å²) in [5.74, 6) is 0.828. The molecule has 1 aliphatic rings. The zero-order valence-electron chi connectivity index (χ0n) is 51.9. The van der Waals surface area contributed by atoms with Crippen molar-refractivity contribution in [3.63, 3.8) is 0 Å². The number of hydrogen-bond acceptors (Lipinski definition) is 5. The lowest BCUT2D eigenvalue weighted by Gasteiger charge is -2.36. The number of para-hydroxylation sites is 1. The van der Waals surface area contributed by atoms with E-state index in [1.165, 1.54) is 22.3 Å². The zero-order valence-corrected chi connectivity index (χ0v) is 51.9. The van der Waals surface area contributed by atoms with E-state index < -0.39 is 5.41 Å². The molecule has 14 rings (SSSR count). The second-order valence-electron chi connectivity index (χ2n) is 26.2. The van der Waals surface area contributed by atoms with Crippen LogP contribution in [0.3, 0.4) is 0 Å². The molecule has 88 heavy (non-hydrogen) atoms. The number of hydrogen-bond donors (Lipinski definition) is 0. The lowest BCUT2D eigenvalue weighted by atomic mass is 9.67. The van der Waals surface area contributed by atoms with Crippen LogP contribution in [0.1, 0.15) is 97.2 Å². The Balaban J connectivity index is 1.10. The molecule has 0 saturated carbocycles. The molecule has 13 aromatic rings. The van der Waals surface area contributed by atoms with E-state index in [1.54, 1.807) is 0 Å². The second-order valence-corrected chi connectivity index (χ2v) is 26.2. The third-order valence-electron chi connectivity index (χ3n) is 18.0. The summed E-state index contributed by atoms with van der Waals surface area (Å²) in [7, 11) is 0. The fraction of sp³-hybridized carbons (Fsp3) is 0.157. The number of aryl methyl sites for hydroxylation is 4. The van der Waals surface area contributed by atoms with Gasteiger partial charge in [0, 0.05) is 57.1 Å². The number of benzene rings is 10. The molecule has 0 bridgehead atoms. The van der Waals surface area contributed by atoms with Crippen molar-refractivity contribution in [1.29, 1.82) is 0 Å². The van der Waals surface area contributed by atoms with Crippen LogP contribution in [0.4, 0.5) is 34.3 Å². The van der Waals surface area contributed by atoms with Gasteiger partial charge in [0.2, 0.25) is 0 Å². The van der Waals surface area contributed by atoms with Gasteiger partial charge in [-0.2, -0.15) is 0 Å². The fourth-order valence-electron chi connectivity index (χ4n) is 13.3. The number of rotatable bonds is 11. The van der Waals surface area contributed by atoms with Crippen molar-refractivity contribution in [1.82, 2.24) is 9.97 Å². The highest BCUT2D eigenvalue weighted by Gasteiger charge is 2.49. The first-order chi connectivity index (χ1) is 42.5. The molecule has 0 atom stereocenters. The van der Waals surface area contributed by atoms with Crippen LogP contribution < -0.4 is 9.80 Å². The Kier molecular flexibility index (Phi) is 13.7. The Morgan fingerprint density at radius 1 is 0.386 bits per heavy atom. The first-order valence-corrected chi connectivity index (χ1v) is 30.8. The van der Waals surface area contributed by atoms with Crippen LogP contribution in [-0.4, -0.2) is 9.97 Å². The van der Waals surface area contributed by atoms with E-state index >= 15 is 0 Å². The average Bonchev–Trinajstić information content (AvgIpc) is 1.52.